The fourth-order valence-corrected chi connectivity index (χ4v) is 1.71. The third-order valence-corrected chi connectivity index (χ3v) is 2.55. The van der Waals surface area contributed by atoms with E-state index in [1.807, 2.05) is 47.6 Å². The summed E-state index contributed by atoms with van der Waals surface area (Å²) in [5.41, 5.74) is 1.08. The van der Waals surface area contributed by atoms with E-state index in [-0.39, 0.29) is 0 Å². The average Bonchev–Trinajstić information content (AvgIpc) is 2.20. The molecule has 0 aliphatic carbocycles. The van der Waals surface area contributed by atoms with Crippen LogP contribution in [0.15, 0.2) is 53.5 Å². The summed E-state index contributed by atoms with van der Waals surface area (Å²) in [6, 6.07) is 9.93. The van der Waals surface area contributed by atoms with Crippen LogP contribution in [-0.4, -0.2) is 4.21 Å². The molecule has 0 bridgehead atoms. The molecule has 1 aliphatic rings. The van der Waals surface area contributed by atoms with Crippen LogP contribution in [0.3, 0.4) is 0 Å². The Balaban J connectivity index is 2.25. The Morgan fingerprint density at radius 1 is 1.00 bits per heavy atom. The van der Waals surface area contributed by atoms with E-state index in [1.54, 1.807) is 10.8 Å². The third-order valence-electron chi connectivity index (χ3n) is 1.77. The lowest BCUT2D eigenvalue weighted by molar-refractivity contribution is 0.693. The Morgan fingerprint density at radius 2 is 1.62 bits per heavy atom. The van der Waals surface area contributed by atoms with Crippen LogP contribution >= 0.6 is 0 Å². The molecule has 0 saturated heterocycles. The highest BCUT2D eigenvalue weighted by atomic mass is 32.2. The molecule has 13 heavy (non-hydrogen) atoms. The van der Waals surface area contributed by atoms with Crippen molar-refractivity contribution in [2.75, 3.05) is 4.90 Å². The summed E-state index contributed by atoms with van der Waals surface area (Å²) >= 11 is 0. The van der Waals surface area contributed by atoms with Crippen molar-refractivity contribution in [3.8, 4) is 0 Å². The van der Waals surface area contributed by atoms with Gasteiger partial charge in [-0.25, -0.2) is 0 Å². The number of benzene rings is 1. The lowest BCUT2D eigenvalue weighted by Crippen LogP contribution is -2.09. The molecule has 0 fully saturated rings. The van der Waals surface area contributed by atoms with E-state index in [2.05, 4.69) is 0 Å². The van der Waals surface area contributed by atoms with Crippen LogP contribution in [0.1, 0.15) is 0 Å². The normalized spacial score (nSPS) is 16.5. The molecule has 2 nitrogen and oxygen atoms in total. The van der Waals surface area contributed by atoms with Gasteiger partial charge in [0, 0.05) is 28.9 Å². The molecule has 0 atom stereocenters. The quantitative estimate of drug-likeness (QED) is 0.678. The summed E-state index contributed by atoms with van der Waals surface area (Å²) in [6.45, 7) is 0. The topological polar surface area (TPSA) is 20.3 Å². The van der Waals surface area contributed by atoms with Gasteiger partial charge in [0.2, 0.25) is 0 Å². The number of rotatable bonds is 1. The number of anilines is 1. The zero-order valence-corrected chi connectivity index (χ0v) is 7.78. The van der Waals surface area contributed by atoms with Crippen molar-refractivity contribution in [2.45, 2.75) is 0 Å². The smallest absolute Gasteiger partial charge is 0.0732 e. The van der Waals surface area contributed by atoms with Gasteiger partial charge in [0.1, 0.15) is 0 Å². The first kappa shape index (κ1) is 8.26. The minimum atomic E-state index is -0.937. The maximum Gasteiger partial charge on any atom is 0.0732 e. The second-order valence-electron chi connectivity index (χ2n) is 2.64. The van der Waals surface area contributed by atoms with Crippen LogP contribution in [0, 0.1) is 0 Å². The minimum absolute atomic E-state index is 0.937. The standard InChI is InChI=1S/C10H9NOS/c12-13-8-6-11(7-9-13)10-4-2-1-3-5-10/h1-9H. The van der Waals surface area contributed by atoms with Gasteiger partial charge in [0.25, 0.3) is 0 Å². The molecular formula is C10H9NOS. The van der Waals surface area contributed by atoms with Crippen molar-refractivity contribution in [2.24, 2.45) is 0 Å². The van der Waals surface area contributed by atoms with Gasteiger partial charge >= 0.3 is 0 Å². The molecule has 0 saturated carbocycles. The van der Waals surface area contributed by atoms with Gasteiger partial charge in [-0.3, -0.25) is 4.21 Å². The molecule has 0 amide bonds. The van der Waals surface area contributed by atoms with Crippen LogP contribution < -0.4 is 4.90 Å². The molecule has 66 valence electrons. The number of hydrogen-bond acceptors (Lipinski definition) is 2. The first-order chi connectivity index (χ1) is 6.36. The summed E-state index contributed by atoms with van der Waals surface area (Å²) in [6.07, 6.45) is 3.62. The maximum atomic E-state index is 11.0. The van der Waals surface area contributed by atoms with Gasteiger partial charge in [-0.1, -0.05) is 18.2 Å². The summed E-state index contributed by atoms with van der Waals surface area (Å²) in [5.74, 6) is 0. The minimum Gasteiger partial charge on any atom is -0.323 e. The summed E-state index contributed by atoms with van der Waals surface area (Å²) in [5, 5.41) is 3.32. The molecule has 1 aliphatic heterocycles. The Bertz CT molecular complexity index is 354. The Labute approximate surface area is 79.6 Å². The first-order valence-corrected chi connectivity index (χ1v) is 5.23. The number of hydrogen-bond donors (Lipinski definition) is 0. The molecular weight excluding hydrogens is 182 g/mol. The highest BCUT2D eigenvalue weighted by Gasteiger charge is 2.02. The second kappa shape index (κ2) is 3.58. The predicted octanol–water partition coefficient (Wildman–Crippen LogP) is 2.20. The molecule has 0 N–H and O–H groups in total. The van der Waals surface area contributed by atoms with E-state index in [9.17, 15) is 4.21 Å². The van der Waals surface area contributed by atoms with Crippen LogP contribution in [0.5, 0.6) is 0 Å². The van der Waals surface area contributed by atoms with E-state index < -0.39 is 10.8 Å². The molecule has 2 rings (SSSR count). The van der Waals surface area contributed by atoms with Gasteiger partial charge in [0.05, 0.1) is 10.8 Å². The Morgan fingerprint density at radius 3 is 2.23 bits per heavy atom. The third kappa shape index (κ3) is 1.87. The van der Waals surface area contributed by atoms with Crippen molar-refractivity contribution in [3.63, 3.8) is 0 Å². The van der Waals surface area contributed by atoms with Crippen molar-refractivity contribution in [1.29, 1.82) is 0 Å². The van der Waals surface area contributed by atoms with Gasteiger partial charge in [-0.2, -0.15) is 0 Å². The monoisotopic (exact) mass is 191 g/mol. The van der Waals surface area contributed by atoms with E-state index in [1.165, 1.54) is 0 Å². The zero-order chi connectivity index (χ0) is 9.10. The molecule has 3 heteroatoms. The average molecular weight is 191 g/mol. The van der Waals surface area contributed by atoms with Gasteiger partial charge in [0.15, 0.2) is 0 Å². The molecule has 0 aromatic heterocycles. The van der Waals surface area contributed by atoms with Crippen molar-refractivity contribution in [3.05, 3.63) is 53.5 Å². The zero-order valence-electron chi connectivity index (χ0n) is 6.96. The lowest BCUT2D eigenvalue weighted by atomic mass is 10.3. The van der Waals surface area contributed by atoms with E-state index in [0.717, 1.165) is 5.69 Å². The largest absolute Gasteiger partial charge is 0.323 e. The summed E-state index contributed by atoms with van der Waals surface area (Å²) in [7, 11) is -0.937. The van der Waals surface area contributed by atoms with E-state index in [0.29, 0.717) is 0 Å². The van der Waals surface area contributed by atoms with E-state index >= 15 is 0 Å². The summed E-state index contributed by atoms with van der Waals surface area (Å²) < 4.78 is 11.0. The number of para-hydroxylation sites is 1. The summed E-state index contributed by atoms with van der Waals surface area (Å²) in [4.78, 5) is 1.93. The van der Waals surface area contributed by atoms with Gasteiger partial charge < -0.3 is 4.90 Å². The van der Waals surface area contributed by atoms with Crippen molar-refractivity contribution in [1.82, 2.24) is 0 Å². The van der Waals surface area contributed by atoms with Crippen LogP contribution in [-0.2, 0) is 10.8 Å². The molecule has 0 radical (unpaired) electrons. The first-order valence-electron chi connectivity index (χ1n) is 3.96. The Hall–Kier alpha value is -1.35. The molecule has 0 spiro atoms. The fraction of sp³-hybridized carbons (Fsp3) is 0. The van der Waals surface area contributed by atoms with Gasteiger partial charge in [-0.15, -0.1) is 0 Å². The maximum absolute atomic E-state index is 11.0. The van der Waals surface area contributed by atoms with Crippen LogP contribution in [0.4, 0.5) is 5.69 Å². The van der Waals surface area contributed by atoms with Crippen LogP contribution in [0.2, 0.25) is 0 Å². The molecule has 1 aromatic carbocycles. The second-order valence-corrected chi connectivity index (χ2v) is 3.84. The lowest BCUT2D eigenvalue weighted by Gasteiger charge is -2.16. The van der Waals surface area contributed by atoms with Gasteiger partial charge in [-0.05, 0) is 12.1 Å². The fourth-order valence-electron chi connectivity index (χ4n) is 1.12. The molecule has 0 unspecified atom stereocenters. The van der Waals surface area contributed by atoms with Crippen molar-refractivity contribution >= 4 is 16.5 Å². The number of nitrogens with zero attached hydrogens (tertiary/aromatic N) is 1. The Kier molecular flexibility index (Phi) is 2.27. The van der Waals surface area contributed by atoms with E-state index in [4.69, 9.17) is 0 Å². The SMILES string of the molecule is O=S1C=CN(c2ccccc2)C=C1. The van der Waals surface area contributed by atoms with Crippen molar-refractivity contribution < 1.29 is 4.21 Å². The molecule has 1 aromatic rings. The highest BCUT2D eigenvalue weighted by Crippen LogP contribution is 2.16. The predicted molar refractivity (Wildman–Crippen MR) is 55.3 cm³/mol. The molecule has 1 heterocycles. The van der Waals surface area contributed by atoms with Crippen LogP contribution in [0.25, 0.3) is 0 Å². The highest BCUT2D eigenvalue weighted by molar-refractivity contribution is 7.90.